The second-order valence-electron chi connectivity index (χ2n) is 6.71. The van der Waals surface area contributed by atoms with E-state index in [4.69, 9.17) is 5.73 Å². The normalized spacial score (nSPS) is 29.2. The van der Waals surface area contributed by atoms with Gasteiger partial charge in [0.25, 0.3) is 0 Å². The van der Waals surface area contributed by atoms with Gasteiger partial charge in [-0.2, -0.15) is 0 Å². The number of carbonyl (C=O) groups excluding carboxylic acids is 1. The summed E-state index contributed by atoms with van der Waals surface area (Å²) in [5.41, 5.74) is 5.81. The smallest absolute Gasteiger partial charge is 0.140 e. The number of rotatable bonds is 8. The Labute approximate surface area is 119 Å². The van der Waals surface area contributed by atoms with Gasteiger partial charge in [-0.1, -0.05) is 46.5 Å². The molecule has 2 nitrogen and oxygen atoms in total. The van der Waals surface area contributed by atoms with Gasteiger partial charge in [-0.05, 0) is 37.5 Å². The Balaban J connectivity index is 2.57. The van der Waals surface area contributed by atoms with Crippen LogP contribution < -0.4 is 5.73 Å². The third-order valence-electron chi connectivity index (χ3n) is 5.23. The maximum absolute atomic E-state index is 12.7. The summed E-state index contributed by atoms with van der Waals surface area (Å²) in [5, 5.41) is 0. The van der Waals surface area contributed by atoms with Crippen LogP contribution >= 0.6 is 0 Å². The van der Waals surface area contributed by atoms with Gasteiger partial charge in [0.15, 0.2) is 0 Å². The number of ketones is 1. The predicted octanol–water partition coefficient (Wildman–Crippen LogP) is 4.32. The third-order valence-corrected chi connectivity index (χ3v) is 5.23. The Morgan fingerprint density at radius 3 is 2.42 bits per heavy atom. The highest BCUT2D eigenvalue weighted by molar-refractivity contribution is 5.85. The van der Waals surface area contributed by atoms with E-state index in [0.717, 1.165) is 31.6 Å². The molecule has 0 bridgehead atoms. The average Bonchev–Trinajstić information content (AvgIpc) is 2.44. The highest BCUT2D eigenvalue weighted by Gasteiger charge is 2.39. The molecule has 19 heavy (non-hydrogen) atoms. The van der Waals surface area contributed by atoms with Crippen LogP contribution in [0.4, 0.5) is 0 Å². The fourth-order valence-electron chi connectivity index (χ4n) is 3.33. The lowest BCUT2D eigenvalue weighted by Gasteiger charge is -2.38. The molecule has 1 aliphatic rings. The monoisotopic (exact) mass is 267 g/mol. The number of hydrogen-bond donors (Lipinski definition) is 1. The van der Waals surface area contributed by atoms with Crippen LogP contribution in [0.25, 0.3) is 0 Å². The summed E-state index contributed by atoms with van der Waals surface area (Å²) in [4.78, 5) is 12.7. The molecule has 1 rings (SSSR count). The molecule has 1 fully saturated rings. The molecule has 0 heterocycles. The molecule has 0 saturated heterocycles. The highest BCUT2D eigenvalue weighted by Crippen LogP contribution is 2.40. The summed E-state index contributed by atoms with van der Waals surface area (Å²) in [6.07, 6.45) is 9.97. The molecule has 112 valence electrons. The number of nitrogens with two attached hydrogens (primary N) is 1. The SMILES string of the molecule is CCCCC(CC)CC(=O)C1(CN)CCC(C)CC1. The molecular formula is C17H33NO. The minimum absolute atomic E-state index is 0.174. The first-order chi connectivity index (χ1) is 9.07. The number of carbonyl (C=O) groups is 1. The zero-order valence-corrected chi connectivity index (χ0v) is 13.2. The van der Waals surface area contributed by atoms with E-state index in [1.165, 1.54) is 32.1 Å². The largest absolute Gasteiger partial charge is 0.329 e. The fraction of sp³-hybridized carbons (Fsp3) is 0.941. The number of unbranched alkanes of at least 4 members (excludes halogenated alkanes) is 1. The van der Waals surface area contributed by atoms with Crippen molar-refractivity contribution >= 4 is 5.78 Å². The van der Waals surface area contributed by atoms with Crippen molar-refractivity contribution in [3.05, 3.63) is 0 Å². The number of Topliss-reactive ketones (excluding diaryl/α,β-unsaturated/α-hetero) is 1. The summed E-state index contributed by atoms with van der Waals surface area (Å²) >= 11 is 0. The number of hydrogen-bond acceptors (Lipinski definition) is 2. The molecule has 2 N–H and O–H groups in total. The minimum Gasteiger partial charge on any atom is -0.329 e. The zero-order chi connectivity index (χ0) is 14.3. The van der Waals surface area contributed by atoms with Crippen molar-refractivity contribution in [3.63, 3.8) is 0 Å². The Morgan fingerprint density at radius 2 is 1.95 bits per heavy atom. The van der Waals surface area contributed by atoms with Crippen molar-refractivity contribution in [2.75, 3.05) is 6.54 Å². The van der Waals surface area contributed by atoms with Crippen LogP contribution in [0.1, 0.15) is 78.6 Å². The van der Waals surface area contributed by atoms with Gasteiger partial charge in [-0.25, -0.2) is 0 Å². The first kappa shape index (κ1) is 16.7. The summed E-state index contributed by atoms with van der Waals surface area (Å²) in [7, 11) is 0. The lowest BCUT2D eigenvalue weighted by molar-refractivity contribution is -0.131. The first-order valence-corrected chi connectivity index (χ1v) is 8.31. The topological polar surface area (TPSA) is 43.1 Å². The Bertz CT molecular complexity index is 266. The van der Waals surface area contributed by atoms with E-state index in [0.29, 0.717) is 18.2 Å². The molecular weight excluding hydrogens is 234 g/mol. The third kappa shape index (κ3) is 4.59. The van der Waals surface area contributed by atoms with E-state index >= 15 is 0 Å². The second kappa shape index (κ2) is 8.04. The lowest BCUT2D eigenvalue weighted by atomic mass is 9.66. The molecule has 0 radical (unpaired) electrons. The van der Waals surface area contributed by atoms with E-state index in [9.17, 15) is 4.79 Å². The predicted molar refractivity (Wildman–Crippen MR) is 82.0 cm³/mol. The average molecular weight is 267 g/mol. The van der Waals surface area contributed by atoms with Crippen molar-refractivity contribution in [2.24, 2.45) is 23.0 Å². The molecule has 0 amide bonds. The molecule has 0 aromatic carbocycles. The molecule has 0 aromatic heterocycles. The molecule has 1 unspecified atom stereocenters. The van der Waals surface area contributed by atoms with E-state index in [1.807, 2.05) is 0 Å². The minimum atomic E-state index is -0.174. The Kier molecular flexibility index (Phi) is 7.06. The van der Waals surface area contributed by atoms with E-state index < -0.39 is 0 Å². The van der Waals surface area contributed by atoms with Crippen molar-refractivity contribution in [1.29, 1.82) is 0 Å². The van der Waals surface area contributed by atoms with Crippen molar-refractivity contribution in [1.82, 2.24) is 0 Å². The van der Waals surface area contributed by atoms with E-state index in [2.05, 4.69) is 20.8 Å². The molecule has 0 aliphatic heterocycles. The van der Waals surface area contributed by atoms with Crippen molar-refractivity contribution in [2.45, 2.75) is 78.6 Å². The second-order valence-corrected chi connectivity index (χ2v) is 6.71. The van der Waals surface area contributed by atoms with E-state index in [-0.39, 0.29) is 5.41 Å². The summed E-state index contributed by atoms with van der Waals surface area (Å²) in [6.45, 7) is 7.29. The van der Waals surface area contributed by atoms with Crippen LogP contribution in [-0.4, -0.2) is 12.3 Å². The first-order valence-electron chi connectivity index (χ1n) is 8.31. The van der Waals surface area contributed by atoms with Gasteiger partial charge >= 0.3 is 0 Å². The van der Waals surface area contributed by atoms with Gasteiger partial charge in [-0.15, -0.1) is 0 Å². The van der Waals surface area contributed by atoms with Crippen LogP contribution in [0, 0.1) is 17.3 Å². The zero-order valence-electron chi connectivity index (χ0n) is 13.2. The van der Waals surface area contributed by atoms with Gasteiger partial charge in [-0.3, -0.25) is 4.79 Å². The van der Waals surface area contributed by atoms with Gasteiger partial charge in [0.2, 0.25) is 0 Å². The van der Waals surface area contributed by atoms with Crippen LogP contribution in [0.3, 0.4) is 0 Å². The van der Waals surface area contributed by atoms with Crippen molar-refractivity contribution < 1.29 is 4.79 Å². The summed E-state index contributed by atoms with van der Waals surface area (Å²) < 4.78 is 0. The molecule has 1 atom stereocenters. The molecule has 0 spiro atoms. The quantitative estimate of drug-likeness (QED) is 0.712. The van der Waals surface area contributed by atoms with Crippen LogP contribution in [0.2, 0.25) is 0 Å². The van der Waals surface area contributed by atoms with Gasteiger partial charge in [0, 0.05) is 18.4 Å². The Hall–Kier alpha value is -0.370. The van der Waals surface area contributed by atoms with Crippen LogP contribution in [0.5, 0.6) is 0 Å². The summed E-state index contributed by atoms with van der Waals surface area (Å²) in [5.74, 6) is 1.81. The molecule has 0 aromatic rings. The van der Waals surface area contributed by atoms with Crippen LogP contribution in [0.15, 0.2) is 0 Å². The lowest BCUT2D eigenvalue weighted by Crippen LogP contribution is -2.42. The van der Waals surface area contributed by atoms with Gasteiger partial charge in [0.1, 0.15) is 5.78 Å². The maximum atomic E-state index is 12.7. The van der Waals surface area contributed by atoms with Crippen LogP contribution in [-0.2, 0) is 4.79 Å². The van der Waals surface area contributed by atoms with Gasteiger partial charge in [0.05, 0.1) is 0 Å². The molecule has 1 saturated carbocycles. The Morgan fingerprint density at radius 1 is 1.32 bits per heavy atom. The molecule has 2 heteroatoms. The van der Waals surface area contributed by atoms with Gasteiger partial charge < -0.3 is 5.73 Å². The standard InChI is InChI=1S/C17H33NO/c1-4-6-7-15(5-2)12-16(19)17(13-18)10-8-14(3)9-11-17/h14-15H,4-13,18H2,1-3H3. The molecule has 1 aliphatic carbocycles. The van der Waals surface area contributed by atoms with Crippen molar-refractivity contribution in [3.8, 4) is 0 Å². The maximum Gasteiger partial charge on any atom is 0.140 e. The summed E-state index contributed by atoms with van der Waals surface area (Å²) in [6, 6.07) is 0. The highest BCUT2D eigenvalue weighted by atomic mass is 16.1. The fourth-order valence-corrected chi connectivity index (χ4v) is 3.33. The van der Waals surface area contributed by atoms with E-state index in [1.54, 1.807) is 0 Å².